The zero-order valence-corrected chi connectivity index (χ0v) is 14.0. The Morgan fingerprint density at radius 1 is 1.31 bits per heavy atom. The van der Waals surface area contributed by atoms with Gasteiger partial charge in [-0.15, -0.1) is 0 Å². The maximum atomic E-state index is 11.7. The summed E-state index contributed by atoms with van der Waals surface area (Å²) in [5.41, 5.74) is 0. The number of rotatable bonds is 3. The van der Waals surface area contributed by atoms with E-state index in [1.165, 1.54) is 0 Å². The van der Waals surface area contributed by atoms with Gasteiger partial charge in [-0.05, 0) is 0 Å². The van der Waals surface area contributed by atoms with Crippen molar-refractivity contribution in [1.29, 1.82) is 0 Å². The molecule has 1 heterocycles. The zero-order chi connectivity index (χ0) is 9.90. The molecular weight excluding hydrogens is 535 g/mol. The van der Waals surface area contributed by atoms with Crippen LogP contribution in [0.1, 0.15) is 0 Å². The van der Waals surface area contributed by atoms with Crippen LogP contribution >= 0.6 is 49.1 Å². The molecule has 0 amide bonds. The molecule has 0 aromatic rings. The van der Waals surface area contributed by atoms with E-state index < -0.39 is 21.9 Å². The van der Waals surface area contributed by atoms with Gasteiger partial charge in [0.05, 0.1) is 0 Å². The van der Waals surface area contributed by atoms with Crippen LogP contribution in [-0.2, 0) is 14.8 Å². The van der Waals surface area contributed by atoms with Gasteiger partial charge in [-0.25, -0.2) is 0 Å². The van der Waals surface area contributed by atoms with Crippen LogP contribution in [-0.4, -0.2) is 42.8 Å². The number of hydrogen-bond donors (Lipinski definition) is 0. The summed E-state index contributed by atoms with van der Waals surface area (Å²) in [7, 11) is -2.97. The number of alkyl halides is 1. The van der Waals surface area contributed by atoms with E-state index >= 15 is 0 Å². The summed E-state index contributed by atoms with van der Waals surface area (Å²) < 4.78 is 30.4. The molecule has 4 nitrogen and oxygen atoms in total. The van der Waals surface area contributed by atoms with Crippen LogP contribution in [0.2, 0.25) is 0 Å². The molecule has 0 bridgehead atoms. The third-order valence-electron chi connectivity index (χ3n) is 1.58. The molecule has 0 radical (unpaired) electrons. The molecule has 80 valence electrons. The molecule has 13 heavy (non-hydrogen) atoms. The van der Waals surface area contributed by atoms with Gasteiger partial charge in [-0.2, -0.15) is 0 Å². The average Bonchev–Trinajstić information content (AvgIpc) is 2.04. The van der Waals surface area contributed by atoms with E-state index in [4.69, 9.17) is 4.74 Å². The van der Waals surface area contributed by atoms with Crippen molar-refractivity contribution < 1.29 is 13.2 Å². The van der Waals surface area contributed by atoms with Crippen LogP contribution in [0.15, 0.2) is 0 Å². The van der Waals surface area contributed by atoms with E-state index in [1.54, 1.807) is 4.31 Å². The third-order valence-corrected chi connectivity index (χ3v) is 16.4. The van der Waals surface area contributed by atoms with Gasteiger partial charge < -0.3 is 0 Å². The molecule has 1 rings (SSSR count). The second-order valence-electron chi connectivity index (χ2n) is 2.49. The van der Waals surface area contributed by atoms with Crippen molar-refractivity contribution in [2.75, 3.05) is 30.1 Å². The van der Waals surface area contributed by atoms with Crippen molar-refractivity contribution in [1.82, 2.24) is 4.31 Å². The second kappa shape index (κ2) is 5.96. The van der Waals surface area contributed by atoms with Gasteiger partial charge >= 0.3 is 107 Å². The van der Waals surface area contributed by atoms with Crippen molar-refractivity contribution in [2.45, 2.75) is 0 Å². The molecular formula is C5H10I3NO3S. The Morgan fingerprint density at radius 2 is 1.85 bits per heavy atom. The first kappa shape index (κ1) is 13.1. The number of morpholine rings is 1. The fraction of sp³-hybridized carbons (Fsp3) is 1.00. The Morgan fingerprint density at radius 3 is 2.31 bits per heavy atom. The number of hydrogen-bond acceptors (Lipinski definition) is 3. The molecule has 1 saturated heterocycles. The second-order valence-corrected chi connectivity index (χ2v) is 31.4. The van der Waals surface area contributed by atoms with E-state index in [9.17, 15) is 8.42 Å². The summed E-state index contributed by atoms with van der Waals surface area (Å²) in [5.74, 6) is 0. The summed E-state index contributed by atoms with van der Waals surface area (Å²) in [6, 6.07) is 0. The molecule has 0 atom stereocenters. The number of ether oxygens (including phenoxy) is 1. The van der Waals surface area contributed by atoms with E-state index in [0.29, 0.717) is 30.1 Å². The average molecular weight is 545 g/mol. The van der Waals surface area contributed by atoms with Crippen LogP contribution in [0, 0.1) is 0 Å². The van der Waals surface area contributed by atoms with Crippen molar-refractivity contribution in [3.8, 4) is 0 Å². The van der Waals surface area contributed by atoms with Gasteiger partial charge in [0.1, 0.15) is 0 Å². The molecule has 1 fully saturated rings. The molecule has 0 aromatic heterocycles. The van der Waals surface area contributed by atoms with E-state index in [1.807, 2.05) is 0 Å². The Balaban J connectivity index is 2.57. The Labute approximate surface area is 105 Å². The first-order valence-electron chi connectivity index (χ1n) is 3.57. The summed E-state index contributed by atoms with van der Waals surface area (Å²) in [6.45, 7) is 2.13. The molecule has 0 spiro atoms. The first-order chi connectivity index (χ1) is 6.02. The topological polar surface area (TPSA) is 46.6 Å². The Kier molecular flexibility index (Phi) is 6.02. The van der Waals surface area contributed by atoms with E-state index in [-0.39, 0.29) is 0 Å². The van der Waals surface area contributed by atoms with Gasteiger partial charge in [-0.3, -0.25) is 0 Å². The van der Waals surface area contributed by atoms with Gasteiger partial charge in [0.15, 0.2) is 0 Å². The van der Waals surface area contributed by atoms with Crippen molar-refractivity contribution in [3.63, 3.8) is 0 Å². The fourth-order valence-electron chi connectivity index (χ4n) is 0.998. The number of nitrogens with zero attached hydrogens (tertiary/aromatic N) is 1. The summed E-state index contributed by atoms with van der Waals surface area (Å²) in [4.78, 5) is 0. The molecule has 1 aliphatic heterocycles. The van der Waals surface area contributed by atoms with Crippen molar-refractivity contribution >= 4 is 59.1 Å². The van der Waals surface area contributed by atoms with E-state index in [2.05, 4.69) is 37.2 Å². The van der Waals surface area contributed by atoms with Crippen molar-refractivity contribution in [3.05, 3.63) is 0 Å². The maximum absolute atomic E-state index is 11.7. The minimum absolute atomic E-state index is 0.373. The summed E-state index contributed by atoms with van der Waals surface area (Å²) >= 11 is 3.29. The minimum atomic E-state index is -2.97. The van der Waals surface area contributed by atoms with Gasteiger partial charge in [0.25, 0.3) is 0 Å². The molecule has 8 heteroatoms. The van der Waals surface area contributed by atoms with Gasteiger partial charge in [0.2, 0.25) is 0 Å². The SMILES string of the molecule is O=S(=O)(CI(I)I)N1CCOCC1. The molecule has 0 aromatic carbocycles. The predicted octanol–water partition coefficient (Wildman–Crippen LogP) is 1.81. The van der Waals surface area contributed by atoms with Crippen LogP contribution in [0.5, 0.6) is 0 Å². The Bertz CT molecular complexity index is 250. The van der Waals surface area contributed by atoms with Crippen LogP contribution in [0.25, 0.3) is 0 Å². The monoisotopic (exact) mass is 545 g/mol. The molecule has 0 unspecified atom stereocenters. The third kappa shape index (κ3) is 4.61. The van der Waals surface area contributed by atoms with Crippen LogP contribution < -0.4 is 0 Å². The zero-order valence-electron chi connectivity index (χ0n) is 6.75. The predicted molar refractivity (Wildman–Crippen MR) is 78.2 cm³/mol. The molecule has 0 saturated carbocycles. The quantitative estimate of drug-likeness (QED) is 0.402. The number of halogens is 3. The molecule has 1 aliphatic rings. The fourth-order valence-corrected chi connectivity index (χ4v) is 17.0. The standard InChI is InChI=1S/C5H10I3NO3S/c6-8(7)5-13(10,11)9-1-3-12-4-2-9/h1-5H2. The first-order valence-corrected chi connectivity index (χ1v) is 19.3. The molecule has 0 N–H and O–H groups in total. The van der Waals surface area contributed by atoms with E-state index in [0.717, 1.165) is 0 Å². The summed E-state index contributed by atoms with van der Waals surface area (Å²) in [5, 5.41) is 0. The van der Waals surface area contributed by atoms with Crippen molar-refractivity contribution in [2.24, 2.45) is 0 Å². The molecule has 0 aliphatic carbocycles. The Hall–Kier alpha value is 2.06. The van der Waals surface area contributed by atoms with Crippen LogP contribution in [0.3, 0.4) is 0 Å². The summed E-state index contributed by atoms with van der Waals surface area (Å²) in [6.07, 6.45) is 0. The number of sulfonamides is 1. The normalized spacial score (nSPS) is 21.5. The van der Waals surface area contributed by atoms with Crippen LogP contribution in [0.4, 0.5) is 0 Å². The van der Waals surface area contributed by atoms with Gasteiger partial charge in [-0.1, -0.05) is 0 Å². The van der Waals surface area contributed by atoms with Gasteiger partial charge in [0, 0.05) is 0 Å².